The minimum atomic E-state index is 0.766. The van der Waals surface area contributed by atoms with E-state index in [1.54, 1.807) is 0 Å². The molecule has 0 aliphatic rings. The van der Waals surface area contributed by atoms with Crippen molar-refractivity contribution in [2.24, 2.45) is 0 Å². The SMILES string of the molecule is c1ccc(-c2cccc(-n3c4ccccc4c4ccc(-c5cccc6c5oc5c6ccc6oc7cccc(N(c8ccccc8)c8cccc(N(c9ccccc9)c9cccc%10ccccc9%10)c8)c7c65)cc43)c2)cc1. The summed E-state index contributed by atoms with van der Waals surface area (Å²) in [6, 6.07) is 97.4. The Hall–Kier alpha value is -10.1. The normalized spacial score (nSPS) is 11.7. The van der Waals surface area contributed by atoms with E-state index in [9.17, 15) is 0 Å². The van der Waals surface area contributed by atoms with Gasteiger partial charge in [-0.15, -0.1) is 0 Å². The number of anilines is 6. The highest BCUT2D eigenvalue weighted by Crippen LogP contribution is 2.49. The van der Waals surface area contributed by atoms with Crippen molar-refractivity contribution >= 4 is 111 Å². The van der Waals surface area contributed by atoms with Crippen LogP contribution in [0.4, 0.5) is 34.1 Å². The first-order valence-corrected chi connectivity index (χ1v) is 25.5. The quantitative estimate of drug-likeness (QED) is 0.144. The molecule has 3 aromatic heterocycles. The number of nitrogens with zero attached hydrogens (tertiary/aromatic N) is 3. The van der Waals surface area contributed by atoms with Gasteiger partial charge in [-0.2, -0.15) is 0 Å². The molecule has 0 spiro atoms. The van der Waals surface area contributed by atoms with Crippen molar-refractivity contribution in [3.8, 4) is 27.9 Å². The third kappa shape index (κ3) is 6.93. The average molecular weight is 960 g/mol. The fourth-order valence-electron chi connectivity index (χ4n) is 11.6. The highest BCUT2D eigenvalue weighted by atomic mass is 16.3. The Morgan fingerprint density at radius 3 is 1.67 bits per heavy atom. The molecule has 15 aromatic rings. The van der Waals surface area contributed by atoms with Crippen LogP contribution in [0.5, 0.6) is 0 Å². The molecule has 352 valence electrons. The van der Waals surface area contributed by atoms with Crippen molar-refractivity contribution in [3.05, 3.63) is 273 Å². The minimum Gasteiger partial charge on any atom is -0.456 e. The first-order chi connectivity index (χ1) is 37.2. The van der Waals surface area contributed by atoms with Gasteiger partial charge in [0.05, 0.1) is 33.2 Å². The molecule has 0 aliphatic heterocycles. The zero-order valence-corrected chi connectivity index (χ0v) is 40.6. The summed E-state index contributed by atoms with van der Waals surface area (Å²) in [5, 5.41) is 8.78. The first kappa shape index (κ1) is 42.6. The molecule has 15 rings (SSSR count). The largest absolute Gasteiger partial charge is 0.456 e. The van der Waals surface area contributed by atoms with E-state index < -0.39 is 0 Å². The van der Waals surface area contributed by atoms with E-state index in [1.165, 1.54) is 32.7 Å². The third-order valence-electron chi connectivity index (χ3n) is 14.9. The van der Waals surface area contributed by atoms with Gasteiger partial charge in [-0.25, -0.2) is 0 Å². The van der Waals surface area contributed by atoms with Gasteiger partial charge >= 0.3 is 0 Å². The molecule has 0 unspecified atom stereocenters. The van der Waals surface area contributed by atoms with Crippen molar-refractivity contribution in [1.82, 2.24) is 4.57 Å². The summed E-state index contributed by atoms with van der Waals surface area (Å²) in [6.07, 6.45) is 0. The van der Waals surface area contributed by atoms with Gasteiger partial charge in [-0.1, -0.05) is 176 Å². The molecule has 0 saturated heterocycles. The monoisotopic (exact) mass is 959 g/mol. The molecule has 12 aromatic carbocycles. The van der Waals surface area contributed by atoms with E-state index in [-0.39, 0.29) is 0 Å². The minimum absolute atomic E-state index is 0.766. The molecular formula is C70H45N3O2. The van der Waals surface area contributed by atoms with Gasteiger partial charge < -0.3 is 23.2 Å². The fourth-order valence-corrected chi connectivity index (χ4v) is 11.6. The van der Waals surface area contributed by atoms with Crippen LogP contribution in [-0.2, 0) is 0 Å². The molecule has 3 heterocycles. The number of hydrogen-bond acceptors (Lipinski definition) is 4. The van der Waals surface area contributed by atoms with Crippen LogP contribution in [0.1, 0.15) is 0 Å². The Morgan fingerprint density at radius 2 is 0.853 bits per heavy atom. The third-order valence-corrected chi connectivity index (χ3v) is 14.9. The second-order valence-corrected chi connectivity index (χ2v) is 19.2. The number of fused-ring (bicyclic) bond motifs is 11. The molecule has 0 aliphatic carbocycles. The van der Waals surface area contributed by atoms with Gasteiger partial charge in [0.2, 0.25) is 0 Å². The van der Waals surface area contributed by atoms with Gasteiger partial charge in [-0.3, -0.25) is 0 Å². The van der Waals surface area contributed by atoms with Crippen LogP contribution in [0.2, 0.25) is 0 Å². The van der Waals surface area contributed by atoms with Crippen molar-refractivity contribution in [2.45, 2.75) is 0 Å². The van der Waals surface area contributed by atoms with Crippen LogP contribution < -0.4 is 9.80 Å². The molecule has 0 bridgehead atoms. The van der Waals surface area contributed by atoms with Gasteiger partial charge in [0.15, 0.2) is 0 Å². The van der Waals surface area contributed by atoms with Crippen molar-refractivity contribution in [3.63, 3.8) is 0 Å². The predicted octanol–water partition coefficient (Wildman–Crippen LogP) is 20.0. The summed E-state index contributed by atoms with van der Waals surface area (Å²) < 4.78 is 16.5. The summed E-state index contributed by atoms with van der Waals surface area (Å²) >= 11 is 0. The average Bonchev–Trinajstić information content (AvgIpc) is 4.17. The Labute approximate surface area is 432 Å². The molecule has 0 radical (unpaired) electrons. The second kappa shape index (κ2) is 17.3. The van der Waals surface area contributed by atoms with E-state index >= 15 is 0 Å². The van der Waals surface area contributed by atoms with Crippen molar-refractivity contribution in [1.29, 1.82) is 0 Å². The van der Waals surface area contributed by atoms with Crippen molar-refractivity contribution in [2.75, 3.05) is 9.80 Å². The van der Waals surface area contributed by atoms with Crippen LogP contribution in [0, 0.1) is 0 Å². The topological polar surface area (TPSA) is 37.7 Å². The molecule has 75 heavy (non-hydrogen) atoms. The predicted molar refractivity (Wildman–Crippen MR) is 313 cm³/mol. The maximum Gasteiger partial charge on any atom is 0.147 e. The number of aromatic nitrogens is 1. The molecule has 0 N–H and O–H groups in total. The maximum absolute atomic E-state index is 7.31. The lowest BCUT2D eigenvalue weighted by molar-refractivity contribution is 0.663. The lowest BCUT2D eigenvalue weighted by Gasteiger charge is -2.30. The van der Waals surface area contributed by atoms with Gasteiger partial charge in [0, 0.05) is 60.9 Å². The van der Waals surface area contributed by atoms with Gasteiger partial charge in [0.1, 0.15) is 22.3 Å². The molecule has 0 atom stereocenters. The summed E-state index contributed by atoms with van der Waals surface area (Å²) in [5.41, 5.74) is 17.3. The van der Waals surface area contributed by atoms with Crippen LogP contribution >= 0.6 is 0 Å². The second-order valence-electron chi connectivity index (χ2n) is 19.2. The standard InChI is InChI=1S/C70H45N3O2/c1-4-19-46(20-5-1)48-23-14-28-52(43-48)73-62-35-13-12-32-57(62)58-40-39-49(44-64(58)73)56-33-17-34-59-60-41-42-66-68(70(60)75-69(56)59)67-63(37-18-38-65(67)74-66)72(51-26-8-3-9-27-51)54-30-16-29-53(45-54)71(50-24-6-2-7-25-50)61-36-15-22-47-21-10-11-31-55(47)61/h1-45H. The summed E-state index contributed by atoms with van der Waals surface area (Å²) in [5.74, 6) is 0. The zero-order valence-electron chi connectivity index (χ0n) is 40.6. The lowest BCUT2D eigenvalue weighted by Crippen LogP contribution is -2.13. The van der Waals surface area contributed by atoms with Crippen LogP contribution in [0.3, 0.4) is 0 Å². The summed E-state index contributed by atoms with van der Waals surface area (Å²) in [6.45, 7) is 0. The number of para-hydroxylation sites is 4. The highest BCUT2D eigenvalue weighted by Gasteiger charge is 2.25. The first-order valence-electron chi connectivity index (χ1n) is 25.5. The molecule has 0 fully saturated rings. The molecule has 0 saturated carbocycles. The maximum atomic E-state index is 7.31. The van der Waals surface area contributed by atoms with Crippen LogP contribution in [0.15, 0.2) is 282 Å². The Kier molecular flexibility index (Phi) is 9.82. The molecular weight excluding hydrogens is 915 g/mol. The van der Waals surface area contributed by atoms with E-state index in [2.05, 4.69) is 287 Å². The van der Waals surface area contributed by atoms with E-state index in [4.69, 9.17) is 8.83 Å². The number of benzene rings is 12. The highest BCUT2D eigenvalue weighted by molar-refractivity contribution is 6.26. The summed E-state index contributed by atoms with van der Waals surface area (Å²) in [7, 11) is 0. The summed E-state index contributed by atoms with van der Waals surface area (Å²) in [4.78, 5) is 4.71. The Balaban J connectivity index is 0.914. The van der Waals surface area contributed by atoms with Crippen LogP contribution in [-0.4, -0.2) is 4.57 Å². The molecule has 5 nitrogen and oxygen atoms in total. The van der Waals surface area contributed by atoms with Gasteiger partial charge in [0.25, 0.3) is 0 Å². The number of furan rings is 2. The van der Waals surface area contributed by atoms with Crippen molar-refractivity contribution < 1.29 is 8.83 Å². The fraction of sp³-hybridized carbons (Fsp3) is 0. The van der Waals surface area contributed by atoms with E-state index in [0.29, 0.717) is 0 Å². The zero-order chi connectivity index (χ0) is 49.4. The van der Waals surface area contributed by atoms with Gasteiger partial charge in [-0.05, 0) is 119 Å². The Bertz CT molecular complexity index is 4660. The lowest BCUT2D eigenvalue weighted by atomic mass is 10.00. The number of rotatable bonds is 9. The smallest absolute Gasteiger partial charge is 0.147 e. The van der Waals surface area contributed by atoms with E-state index in [1.807, 2.05) is 0 Å². The Morgan fingerprint density at radius 1 is 0.293 bits per heavy atom. The van der Waals surface area contributed by atoms with Crippen LogP contribution in [0.25, 0.3) is 104 Å². The number of hydrogen-bond donors (Lipinski definition) is 0. The molecule has 0 amide bonds. The van der Waals surface area contributed by atoms with E-state index in [0.717, 1.165) is 106 Å². The molecule has 5 heteroatoms.